The Morgan fingerprint density at radius 2 is 1.50 bits per heavy atom. The van der Waals surface area contributed by atoms with Gasteiger partial charge in [0.2, 0.25) is 0 Å². The first-order valence-electron chi connectivity index (χ1n) is 7.51. The van der Waals surface area contributed by atoms with Crippen LogP contribution in [-0.2, 0) is 9.53 Å². The maximum atomic E-state index is 12.6. The van der Waals surface area contributed by atoms with E-state index in [0.717, 1.165) is 21.6 Å². The summed E-state index contributed by atoms with van der Waals surface area (Å²) in [6, 6.07) is 19.5. The monoisotopic (exact) mass is 331 g/mol. The highest BCUT2D eigenvalue weighted by Gasteiger charge is 2.31. The van der Waals surface area contributed by atoms with E-state index in [4.69, 9.17) is 4.74 Å². The van der Waals surface area contributed by atoms with Crippen LogP contribution in [0.1, 0.15) is 16.0 Å². The first kappa shape index (κ1) is 14.6. The molecule has 0 aliphatic carbocycles. The Morgan fingerprint density at radius 3 is 2.08 bits per heavy atom. The third-order valence-corrected chi connectivity index (χ3v) is 4.48. The quantitative estimate of drug-likeness (QED) is 0.656. The number of cyclic esters (lactones) is 1. The number of hydrogen-bond donors (Lipinski definition) is 0. The molecule has 0 amide bonds. The molecule has 0 N–H and O–H groups in total. The molecule has 1 aromatic heterocycles. The zero-order valence-corrected chi connectivity index (χ0v) is 13.5. The lowest BCUT2D eigenvalue weighted by Crippen LogP contribution is -1.98. The van der Waals surface area contributed by atoms with Crippen LogP contribution in [0.2, 0.25) is 0 Å². The fraction of sp³-hybridized carbons (Fsp3) is 0. The van der Waals surface area contributed by atoms with Crippen LogP contribution in [0.3, 0.4) is 0 Å². The number of hydrogen-bond acceptors (Lipinski definition) is 4. The van der Waals surface area contributed by atoms with Crippen molar-refractivity contribution >= 4 is 34.5 Å². The molecule has 1 aliphatic heterocycles. The Morgan fingerprint density at radius 1 is 0.875 bits per heavy atom. The Kier molecular flexibility index (Phi) is 3.81. The number of rotatable bonds is 3. The minimum Gasteiger partial charge on any atom is -0.422 e. The number of aromatic nitrogens is 1. The Balaban J connectivity index is 1.94. The van der Waals surface area contributed by atoms with Gasteiger partial charge in [-0.2, -0.15) is 0 Å². The van der Waals surface area contributed by atoms with E-state index in [-0.39, 0.29) is 5.97 Å². The fourth-order valence-corrected chi connectivity index (χ4v) is 3.25. The van der Waals surface area contributed by atoms with Gasteiger partial charge in [-0.05, 0) is 11.1 Å². The molecule has 3 nitrogen and oxygen atoms in total. The van der Waals surface area contributed by atoms with Gasteiger partial charge in [-0.1, -0.05) is 60.7 Å². The van der Waals surface area contributed by atoms with Crippen LogP contribution in [-0.4, -0.2) is 11.0 Å². The molecule has 0 bridgehead atoms. The molecule has 1 aliphatic rings. The summed E-state index contributed by atoms with van der Waals surface area (Å²) in [5.41, 5.74) is 4.98. The van der Waals surface area contributed by atoms with E-state index in [2.05, 4.69) is 4.98 Å². The lowest BCUT2D eigenvalue weighted by molar-refractivity contribution is -0.131. The summed E-state index contributed by atoms with van der Waals surface area (Å²) in [5.74, 6) is 0.241. The average Bonchev–Trinajstić information content (AvgIpc) is 3.24. The van der Waals surface area contributed by atoms with Gasteiger partial charge in [-0.3, -0.25) is 4.98 Å². The van der Waals surface area contributed by atoms with E-state index in [1.807, 2.05) is 66.7 Å². The van der Waals surface area contributed by atoms with Gasteiger partial charge in [0, 0.05) is 17.8 Å². The summed E-state index contributed by atoms with van der Waals surface area (Å²) < 4.78 is 5.60. The fourth-order valence-electron chi connectivity index (χ4n) is 2.71. The summed E-state index contributed by atoms with van der Waals surface area (Å²) in [6.45, 7) is 0. The van der Waals surface area contributed by atoms with Crippen LogP contribution in [0.25, 0.3) is 17.2 Å². The van der Waals surface area contributed by atoms with Gasteiger partial charge in [-0.25, -0.2) is 4.79 Å². The van der Waals surface area contributed by atoms with Crippen LogP contribution in [0.15, 0.2) is 78.1 Å². The number of allylic oxidation sites excluding steroid dienone is 1. The van der Waals surface area contributed by atoms with Gasteiger partial charge >= 0.3 is 5.97 Å². The Hall–Kier alpha value is -2.98. The number of carbonyl (C=O) groups excluding carboxylic acids is 1. The predicted molar refractivity (Wildman–Crippen MR) is 95.9 cm³/mol. The molecule has 0 fully saturated rings. The number of benzene rings is 2. The highest BCUT2D eigenvalue weighted by atomic mass is 32.1. The van der Waals surface area contributed by atoms with Crippen LogP contribution in [0.4, 0.5) is 0 Å². The molecule has 4 rings (SSSR count). The van der Waals surface area contributed by atoms with Gasteiger partial charge in [0.05, 0.1) is 16.0 Å². The molecule has 4 heteroatoms. The molecular formula is C20H13NO2S. The zero-order valence-electron chi connectivity index (χ0n) is 12.7. The third kappa shape index (κ3) is 2.68. The van der Waals surface area contributed by atoms with Crippen molar-refractivity contribution in [2.45, 2.75) is 0 Å². The van der Waals surface area contributed by atoms with E-state index in [0.29, 0.717) is 11.3 Å². The molecule has 0 unspecified atom stereocenters. The highest BCUT2D eigenvalue weighted by Crippen LogP contribution is 2.40. The largest absolute Gasteiger partial charge is 0.422 e. The number of ether oxygens (including phenoxy) is 1. The van der Waals surface area contributed by atoms with Crippen molar-refractivity contribution in [2.24, 2.45) is 0 Å². The molecule has 2 aromatic carbocycles. The molecule has 0 saturated carbocycles. The summed E-state index contributed by atoms with van der Waals surface area (Å²) in [6.07, 6.45) is 3.63. The second-order valence-electron chi connectivity index (χ2n) is 5.28. The number of carbonyl (C=O) groups is 1. The average molecular weight is 331 g/mol. The number of thiazole rings is 1. The van der Waals surface area contributed by atoms with Crippen molar-refractivity contribution in [1.29, 1.82) is 0 Å². The van der Waals surface area contributed by atoms with Gasteiger partial charge in [0.15, 0.2) is 0 Å². The predicted octanol–water partition coefficient (Wildman–Crippen LogP) is 4.65. The van der Waals surface area contributed by atoms with Crippen LogP contribution >= 0.6 is 11.3 Å². The molecule has 24 heavy (non-hydrogen) atoms. The molecule has 3 aromatic rings. The lowest BCUT2D eigenvalue weighted by atomic mass is 9.95. The first-order valence-corrected chi connectivity index (χ1v) is 8.39. The number of nitrogens with zero attached hydrogens (tertiary/aromatic N) is 1. The summed E-state index contributed by atoms with van der Waals surface area (Å²) in [5, 5.41) is 0. The minimum atomic E-state index is -0.323. The zero-order chi connectivity index (χ0) is 16.4. The van der Waals surface area contributed by atoms with Gasteiger partial charge in [0.25, 0.3) is 0 Å². The molecule has 0 radical (unpaired) electrons. The summed E-state index contributed by atoms with van der Waals surface area (Å²) in [7, 11) is 0. The Labute approximate surface area is 143 Å². The first-order chi connectivity index (χ1) is 11.8. The topological polar surface area (TPSA) is 39.2 Å². The van der Waals surface area contributed by atoms with Crippen LogP contribution in [0, 0.1) is 0 Å². The summed E-state index contributed by atoms with van der Waals surface area (Å²) >= 11 is 1.50. The summed E-state index contributed by atoms with van der Waals surface area (Å²) in [4.78, 5) is 17.6. The molecule has 0 saturated heterocycles. The number of esters is 1. The van der Waals surface area contributed by atoms with Gasteiger partial charge < -0.3 is 4.74 Å². The van der Waals surface area contributed by atoms with Crippen molar-refractivity contribution in [3.05, 3.63) is 94.1 Å². The van der Waals surface area contributed by atoms with E-state index in [9.17, 15) is 4.79 Å². The SMILES string of the molecule is O=C1O/C(=C\c2cncs2)C(c2ccccc2)=C1c1ccccc1. The van der Waals surface area contributed by atoms with E-state index in [1.54, 1.807) is 11.7 Å². The standard InChI is InChI=1S/C20H13NO2S/c22-20-19(15-9-5-2-6-10-15)18(14-7-3-1-4-8-14)17(23-20)11-16-12-21-13-24-16/h1-13H/b17-11-. The van der Waals surface area contributed by atoms with E-state index < -0.39 is 0 Å². The highest BCUT2D eigenvalue weighted by molar-refractivity contribution is 7.10. The van der Waals surface area contributed by atoms with Crippen LogP contribution in [0.5, 0.6) is 0 Å². The molecule has 2 heterocycles. The van der Waals surface area contributed by atoms with E-state index >= 15 is 0 Å². The minimum absolute atomic E-state index is 0.323. The van der Waals surface area contributed by atoms with Gasteiger partial charge in [0.1, 0.15) is 5.76 Å². The maximum Gasteiger partial charge on any atom is 0.344 e. The normalized spacial score (nSPS) is 15.8. The third-order valence-electron chi connectivity index (χ3n) is 3.75. The second kappa shape index (κ2) is 6.26. The lowest BCUT2D eigenvalue weighted by Gasteiger charge is -2.05. The Bertz CT molecular complexity index is 926. The van der Waals surface area contributed by atoms with Crippen LogP contribution < -0.4 is 0 Å². The molecular weight excluding hydrogens is 318 g/mol. The van der Waals surface area contributed by atoms with Crippen molar-refractivity contribution in [3.8, 4) is 0 Å². The van der Waals surface area contributed by atoms with Crippen molar-refractivity contribution in [2.75, 3.05) is 0 Å². The molecule has 0 spiro atoms. The smallest absolute Gasteiger partial charge is 0.344 e. The van der Waals surface area contributed by atoms with Crippen molar-refractivity contribution in [1.82, 2.24) is 4.98 Å². The maximum absolute atomic E-state index is 12.6. The van der Waals surface area contributed by atoms with E-state index in [1.165, 1.54) is 11.3 Å². The van der Waals surface area contributed by atoms with Crippen molar-refractivity contribution in [3.63, 3.8) is 0 Å². The molecule has 0 atom stereocenters. The van der Waals surface area contributed by atoms with Crippen molar-refractivity contribution < 1.29 is 9.53 Å². The van der Waals surface area contributed by atoms with Gasteiger partial charge in [-0.15, -0.1) is 11.3 Å². The second-order valence-corrected chi connectivity index (χ2v) is 6.20. The molecule has 116 valence electrons.